The van der Waals surface area contributed by atoms with E-state index in [-0.39, 0.29) is 16.3 Å². The monoisotopic (exact) mass is 276 g/mol. The third-order valence-electron chi connectivity index (χ3n) is 1.48. The summed E-state index contributed by atoms with van der Waals surface area (Å²) in [5, 5.41) is 7.36. The maximum absolute atomic E-state index is 5.73. The molecular formula is C8H3Cl3N4O. The molecule has 82 valence electrons. The van der Waals surface area contributed by atoms with Gasteiger partial charge in [0.2, 0.25) is 10.4 Å². The first-order valence-corrected chi connectivity index (χ1v) is 5.12. The molecule has 0 aliphatic heterocycles. The van der Waals surface area contributed by atoms with Crippen molar-refractivity contribution in [1.82, 2.24) is 20.2 Å². The molecule has 0 aromatic carbocycles. The maximum Gasteiger partial charge on any atom is 0.262 e. The summed E-state index contributed by atoms with van der Waals surface area (Å²) in [7, 11) is 0. The fraction of sp³-hybridized carbons (Fsp3) is 0. The van der Waals surface area contributed by atoms with E-state index in [1.54, 1.807) is 6.07 Å². The van der Waals surface area contributed by atoms with Gasteiger partial charge in [0.05, 0.1) is 11.2 Å². The number of rotatable bonds is 2. The lowest BCUT2D eigenvalue weighted by atomic mass is 10.5. The molecular weight excluding hydrogens is 274 g/mol. The lowest BCUT2D eigenvalue weighted by Gasteiger charge is -2.04. The van der Waals surface area contributed by atoms with Crippen LogP contribution in [0.15, 0.2) is 18.5 Å². The Morgan fingerprint density at radius 3 is 2.62 bits per heavy atom. The molecule has 0 saturated heterocycles. The highest BCUT2D eigenvalue weighted by atomic mass is 35.5. The Morgan fingerprint density at radius 2 is 1.88 bits per heavy atom. The molecule has 0 aliphatic rings. The van der Waals surface area contributed by atoms with Crippen LogP contribution in [0.2, 0.25) is 15.5 Å². The van der Waals surface area contributed by atoms with Gasteiger partial charge in [-0.3, -0.25) is 4.98 Å². The quantitative estimate of drug-likeness (QED) is 0.844. The van der Waals surface area contributed by atoms with E-state index in [2.05, 4.69) is 20.2 Å². The normalized spacial score (nSPS) is 10.2. The second-order valence-electron chi connectivity index (χ2n) is 2.62. The van der Waals surface area contributed by atoms with Crippen molar-refractivity contribution in [2.24, 2.45) is 0 Å². The van der Waals surface area contributed by atoms with Gasteiger partial charge < -0.3 is 4.74 Å². The van der Waals surface area contributed by atoms with Crippen LogP contribution in [-0.2, 0) is 0 Å². The first kappa shape index (κ1) is 11.3. The molecule has 0 amide bonds. The van der Waals surface area contributed by atoms with Crippen LogP contribution in [0.5, 0.6) is 11.6 Å². The Balaban J connectivity index is 2.30. The van der Waals surface area contributed by atoms with E-state index in [0.717, 1.165) is 0 Å². The standard InChI is InChI=1S/C8H3Cl3N4O/c9-4-1-5(3-12-2-4)16-7-6(10)14-15-8(11)13-7/h1-3H. The minimum absolute atomic E-state index is 0.00405. The summed E-state index contributed by atoms with van der Waals surface area (Å²) in [6, 6.07) is 1.56. The zero-order valence-corrected chi connectivity index (χ0v) is 9.83. The zero-order chi connectivity index (χ0) is 11.5. The van der Waals surface area contributed by atoms with Gasteiger partial charge in [-0.05, 0) is 11.6 Å². The van der Waals surface area contributed by atoms with Crippen molar-refractivity contribution in [3.05, 3.63) is 33.9 Å². The molecule has 0 spiro atoms. The highest BCUT2D eigenvalue weighted by Crippen LogP contribution is 2.26. The molecule has 2 aromatic rings. The molecule has 2 aromatic heterocycles. The van der Waals surface area contributed by atoms with Crippen molar-refractivity contribution in [1.29, 1.82) is 0 Å². The number of hydrogen-bond acceptors (Lipinski definition) is 5. The summed E-state index contributed by atoms with van der Waals surface area (Å²) in [5.41, 5.74) is 0. The maximum atomic E-state index is 5.73. The van der Waals surface area contributed by atoms with Gasteiger partial charge in [0.25, 0.3) is 5.88 Å². The van der Waals surface area contributed by atoms with Crippen LogP contribution in [0.4, 0.5) is 0 Å². The topological polar surface area (TPSA) is 60.8 Å². The Morgan fingerprint density at radius 1 is 1.06 bits per heavy atom. The van der Waals surface area contributed by atoms with Gasteiger partial charge >= 0.3 is 0 Å². The number of nitrogens with zero attached hydrogens (tertiary/aromatic N) is 4. The first-order valence-electron chi connectivity index (χ1n) is 3.99. The summed E-state index contributed by atoms with van der Waals surface area (Å²) in [4.78, 5) is 7.60. The van der Waals surface area contributed by atoms with Gasteiger partial charge in [0.15, 0.2) is 0 Å². The summed E-state index contributed by atoms with van der Waals surface area (Å²) in [6.45, 7) is 0. The largest absolute Gasteiger partial charge is 0.435 e. The molecule has 0 bridgehead atoms. The van der Waals surface area contributed by atoms with E-state index < -0.39 is 0 Å². The fourth-order valence-electron chi connectivity index (χ4n) is 0.905. The van der Waals surface area contributed by atoms with Crippen molar-refractivity contribution >= 4 is 34.8 Å². The Hall–Kier alpha value is -1.17. The average Bonchev–Trinajstić information content (AvgIpc) is 2.24. The number of ether oxygens (including phenoxy) is 1. The summed E-state index contributed by atoms with van der Waals surface area (Å²) < 4.78 is 5.29. The predicted octanol–water partition coefficient (Wildman–Crippen LogP) is 3.02. The molecule has 8 heteroatoms. The van der Waals surface area contributed by atoms with E-state index in [9.17, 15) is 0 Å². The van der Waals surface area contributed by atoms with Crippen LogP contribution >= 0.6 is 34.8 Å². The van der Waals surface area contributed by atoms with Crippen molar-refractivity contribution in [2.75, 3.05) is 0 Å². The number of hydrogen-bond donors (Lipinski definition) is 0. The predicted molar refractivity (Wildman–Crippen MR) is 59.2 cm³/mol. The van der Waals surface area contributed by atoms with Crippen LogP contribution < -0.4 is 4.74 Å². The van der Waals surface area contributed by atoms with Gasteiger partial charge in [-0.2, -0.15) is 4.98 Å². The van der Waals surface area contributed by atoms with E-state index in [0.29, 0.717) is 10.8 Å². The second-order valence-corrected chi connectivity index (χ2v) is 3.75. The molecule has 0 saturated carbocycles. The van der Waals surface area contributed by atoms with Crippen LogP contribution in [0, 0.1) is 0 Å². The lowest BCUT2D eigenvalue weighted by Crippen LogP contribution is -1.95. The minimum atomic E-state index is -0.0608. The Labute approximate surface area is 105 Å². The minimum Gasteiger partial charge on any atom is -0.435 e. The third kappa shape index (κ3) is 2.69. The summed E-state index contributed by atoms with van der Waals surface area (Å²) in [6.07, 6.45) is 2.93. The second kappa shape index (κ2) is 4.78. The van der Waals surface area contributed by atoms with Crippen molar-refractivity contribution < 1.29 is 4.74 Å². The smallest absolute Gasteiger partial charge is 0.262 e. The molecule has 5 nitrogen and oxygen atoms in total. The first-order chi connectivity index (χ1) is 7.65. The molecule has 2 rings (SSSR count). The van der Waals surface area contributed by atoms with E-state index in [1.165, 1.54) is 12.4 Å². The number of halogens is 3. The van der Waals surface area contributed by atoms with E-state index >= 15 is 0 Å². The van der Waals surface area contributed by atoms with Crippen LogP contribution in [-0.4, -0.2) is 20.2 Å². The van der Waals surface area contributed by atoms with Gasteiger partial charge in [-0.25, -0.2) is 0 Å². The molecule has 0 radical (unpaired) electrons. The lowest BCUT2D eigenvalue weighted by molar-refractivity contribution is 0.455. The Bertz CT molecular complexity index is 522. The fourth-order valence-corrected chi connectivity index (χ4v) is 1.30. The SMILES string of the molecule is Clc1cncc(Oc2nc(Cl)nnc2Cl)c1. The number of pyridine rings is 1. The van der Waals surface area contributed by atoms with Crippen LogP contribution in [0.3, 0.4) is 0 Å². The van der Waals surface area contributed by atoms with Crippen molar-refractivity contribution in [3.8, 4) is 11.6 Å². The highest BCUT2D eigenvalue weighted by molar-refractivity contribution is 6.31. The summed E-state index contributed by atoms with van der Waals surface area (Å²) in [5.74, 6) is 0.428. The molecule has 0 N–H and O–H groups in total. The van der Waals surface area contributed by atoms with Gasteiger partial charge in [0, 0.05) is 12.3 Å². The molecule has 16 heavy (non-hydrogen) atoms. The van der Waals surface area contributed by atoms with E-state index in [1.807, 2.05) is 0 Å². The molecule has 0 aliphatic carbocycles. The highest BCUT2D eigenvalue weighted by Gasteiger charge is 2.09. The van der Waals surface area contributed by atoms with E-state index in [4.69, 9.17) is 39.5 Å². The van der Waals surface area contributed by atoms with Crippen LogP contribution in [0.1, 0.15) is 0 Å². The molecule has 2 heterocycles. The third-order valence-corrected chi connectivity index (χ3v) is 2.09. The van der Waals surface area contributed by atoms with Gasteiger partial charge in [-0.1, -0.05) is 23.2 Å². The van der Waals surface area contributed by atoms with Gasteiger partial charge in [0.1, 0.15) is 5.75 Å². The van der Waals surface area contributed by atoms with Crippen LogP contribution in [0.25, 0.3) is 0 Å². The van der Waals surface area contributed by atoms with Crippen molar-refractivity contribution in [3.63, 3.8) is 0 Å². The molecule has 0 unspecified atom stereocenters. The van der Waals surface area contributed by atoms with Gasteiger partial charge in [-0.15, -0.1) is 10.2 Å². The number of aromatic nitrogens is 4. The molecule has 0 atom stereocenters. The van der Waals surface area contributed by atoms with Crippen molar-refractivity contribution in [2.45, 2.75) is 0 Å². The Kier molecular flexibility index (Phi) is 3.38. The molecule has 0 fully saturated rings. The summed E-state index contributed by atoms with van der Waals surface area (Å²) >= 11 is 17.0. The zero-order valence-electron chi connectivity index (χ0n) is 7.56. The average molecular weight is 277 g/mol.